The summed E-state index contributed by atoms with van der Waals surface area (Å²) in [5.41, 5.74) is 0.142. The van der Waals surface area contributed by atoms with Crippen molar-refractivity contribution in [3.05, 3.63) is 17.8 Å². The van der Waals surface area contributed by atoms with E-state index in [9.17, 15) is 9.90 Å². The summed E-state index contributed by atoms with van der Waals surface area (Å²) in [7, 11) is 1.28. The fourth-order valence-electron chi connectivity index (χ4n) is 2.18. The zero-order valence-corrected chi connectivity index (χ0v) is 10.8. The second-order valence-electron chi connectivity index (χ2n) is 4.65. The van der Waals surface area contributed by atoms with E-state index >= 15 is 0 Å². The van der Waals surface area contributed by atoms with Crippen molar-refractivity contribution in [2.45, 2.75) is 19.1 Å². The number of oxazole rings is 1. The molecule has 2 rings (SSSR count). The maximum atomic E-state index is 11.2. The number of aromatic nitrogens is 1. The number of carbonyl (C=O) groups is 1. The van der Waals surface area contributed by atoms with Crippen LogP contribution < -0.4 is 0 Å². The van der Waals surface area contributed by atoms with E-state index in [-0.39, 0.29) is 18.2 Å². The third kappa shape index (κ3) is 3.31. The van der Waals surface area contributed by atoms with Crippen LogP contribution in [0.25, 0.3) is 0 Å². The Labute approximate surface area is 110 Å². The van der Waals surface area contributed by atoms with Gasteiger partial charge in [0, 0.05) is 19.1 Å². The van der Waals surface area contributed by atoms with Gasteiger partial charge in [0.05, 0.1) is 19.8 Å². The standard InChI is InChI=1S/C12H18N2O5/c1-18-12(17)9-7-19-11(13-9)5-14-3-2-8(6-15)10(16)4-14/h7-8,10,15-16H,2-6H2,1H3/t8-,10+/m1/s1. The zero-order valence-electron chi connectivity index (χ0n) is 10.8. The fraction of sp³-hybridized carbons (Fsp3) is 0.667. The Bertz CT molecular complexity index is 434. The predicted octanol–water partition coefficient (Wildman–Crippen LogP) is -0.364. The van der Waals surface area contributed by atoms with Crippen LogP contribution in [0.5, 0.6) is 0 Å². The van der Waals surface area contributed by atoms with E-state index < -0.39 is 12.1 Å². The minimum atomic E-state index is -0.547. The van der Waals surface area contributed by atoms with E-state index in [4.69, 9.17) is 9.52 Å². The summed E-state index contributed by atoms with van der Waals surface area (Å²) in [6, 6.07) is 0. The maximum Gasteiger partial charge on any atom is 0.360 e. The van der Waals surface area contributed by atoms with Crippen molar-refractivity contribution in [1.29, 1.82) is 0 Å². The first-order chi connectivity index (χ1) is 9.13. The Morgan fingerprint density at radius 1 is 1.68 bits per heavy atom. The lowest BCUT2D eigenvalue weighted by atomic mass is 9.95. The summed E-state index contributed by atoms with van der Waals surface area (Å²) >= 11 is 0. The molecule has 0 spiro atoms. The smallest absolute Gasteiger partial charge is 0.360 e. The first kappa shape index (κ1) is 14.0. The number of esters is 1. The predicted molar refractivity (Wildman–Crippen MR) is 64.3 cm³/mol. The summed E-state index contributed by atoms with van der Waals surface area (Å²) in [4.78, 5) is 17.2. The lowest BCUT2D eigenvalue weighted by Crippen LogP contribution is -2.44. The average molecular weight is 270 g/mol. The zero-order chi connectivity index (χ0) is 13.8. The van der Waals surface area contributed by atoms with Crippen molar-refractivity contribution in [1.82, 2.24) is 9.88 Å². The molecule has 0 unspecified atom stereocenters. The number of aliphatic hydroxyl groups excluding tert-OH is 2. The number of aliphatic hydroxyl groups is 2. The Morgan fingerprint density at radius 2 is 2.47 bits per heavy atom. The molecule has 0 saturated carbocycles. The van der Waals surface area contributed by atoms with Crippen LogP contribution in [0, 0.1) is 5.92 Å². The Hall–Kier alpha value is -1.44. The Balaban J connectivity index is 1.91. The number of hydrogen-bond acceptors (Lipinski definition) is 7. The van der Waals surface area contributed by atoms with Crippen LogP contribution in [-0.2, 0) is 11.3 Å². The van der Waals surface area contributed by atoms with Crippen LogP contribution in [0.3, 0.4) is 0 Å². The van der Waals surface area contributed by atoms with Crippen molar-refractivity contribution in [3.8, 4) is 0 Å². The van der Waals surface area contributed by atoms with E-state index in [1.165, 1.54) is 13.4 Å². The lowest BCUT2D eigenvalue weighted by Gasteiger charge is -2.34. The molecule has 0 aromatic carbocycles. The Morgan fingerprint density at radius 3 is 3.11 bits per heavy atom. The topological polar surface area (TPSA) is 96.0 Å². The van der Waals surface area contributed by atoms with Gasteiger partial charge in [-0.05, 0) is 13.0 Å². The van der Waals surface area contributed by atoms with Crippen molar-refractivity contribution >= 4 is 5.97 Å². The highest BCUT2D eigenvalue weighted by molar-refractivity contribution is 5.86. The number of likely N-dealkylation sites (tertiary alicyclic amines) is 1. The van der Waals surface area contributed by atoms with Crippen molar-refractivity contribution in [2.75, 3.05) is 26.8 Å². The average Bonchev–Trinajstić information content (AvgIpc) is 2.86. The van der Waals surface area contributed by atoms with Gasteiger partial charge in [-0.25, -0.2) is 9.78 Å². The number of nitrogens with zero attached hydrogens (tertiary/aromatic N) is 2. The van der Waals surface area contributed by atoms with E-state index in [0.717, 1.165) is 13.0 Å². The molecule has 19 heavy (non-hydrogen) atoms. The Kier molecular flexibility index (Phi) is 4.52. The molecular formula is C12H18N2O5. The van der Waals surface area contributed by atoms with Gasteiger partial charge in [-0.1, -0.05) is 0 Å². The van der Waals surface area contributed by atoms with Crippen LogP contribution in [0.1, 0.15) is 22.8 Å². The molecule has 2 N–H and O–H groups in total. The first-order valence-corrected chi connectivity index (χ1v) is 6.18. The third-order valence-electron chi connectivity index (χ3n) is 3.35. The molecule has 7 heteroatoms. The molecule has 7 nitrogen and oxygen atoms in total. The van der Waals surface area contributed by atoms with Gasteiger partial charge in [0.2, 0.25) is 5.89 Å². The highest BCUT2D eigenvalue weighted by Crippen LogP contribution is 2.19. The number of methoxy groups -OCH3 is 1. The molecule has 0 radical (unpaired) electrons. The molecular weight excluding hydrogens is 252 g/mol. The third-order valence-corrected chi connectivity index (χ3v) is 3.35. The van der Waals surface area contributed by atoms with E-state index in [1.54, 1.807) is 0 Å². The molecule has 2 atom stereocenters. The lowest BCUT2D eigenvalue weighted by molar-refractivity contribution is -0.00671. The summed E-state index contributed by atoms with van der Waals surface area (Å²) in [5, 5.41) is 18.9. The molecule has 1 aliphatic heterocycles. The van der Waals surface area contributed by atoms with Crippen molar-refractivity contribution in [2.24, 2.45) is 5.92 Å². The molecule has 0 amide bonds. The largest absolute Gasteiger partial charge is 0.464 e. The van der Waals surface area contributed by atoms with Crippen molar-refractivity contribution in [3.63, 3.8) is 0 Å². The van der Waals surface area contributed by atoms with Gasteiger partial charge in [0.25, 0.3) is 0 Å². The molecule has 2 heterocycles. The molecule has 0 bridgehead atoms. The number of carbonyl (C=O) groups excluding carboxylic acids is 1. The summed E-state index contributed by atoms with van der Waals surface area (Å²) < 4.78 is 9.74. The molecule has 1 saturated heterocycles. The second-order valence-corrected chi connectivity index (χ2v) is 4.65. The van der Waals surface area contributed by atoms with Crippen LogP contribution in [0.2, 0.25) is 0 Å². The van der Waals surface area contributed by atoms with Gasteiger partial charge in [-0.2, -0.15) is 0 Å². The second kappa shape index (κ2) is 6.14. The first-order valence-electron chi connectivity index (χ1n) is 6.18. The van der Waals surface area contributed by atoms with Gasteiger partial charge >= 0.3 is 5.97 Å². The van der Waals surface area contributed by atoms with Gasteiger partial charge in [0.15, 0.2) is 5.69 Å². The minimum Gasteiger partial charge on any atom is -0.464 e. The van der Waals surface area contributed by atoms with Gasteiger partial charge in [0.1, 0.15) is 6.26 Å². The summed E-state index contributed by atoms with van der Waals surface area (Å²) in [5.74, 6) is -0.185. The number of ether oxygens (including phenoxy) is 1. The van der Waals surface area contributed by atoms with Crippen LogP contribution >= 0.6 is 0 Å². The van der Waals surface area contributed by atoms with Crippen LogP contribution in [0.4, 0.5) is 0 Å². The summed E-state index contributed by atoms with van der Waals surface area (Å²) in [6.07, 6.45) is 1.44. The van der Waals surface area contributed by atoms with Crippen molar-refractivity contribution < 1.29 is 24.2 Å². The fourth-order valence-corrected chi connectivity index (χ4v) is 2.18. The van der Waals surface area contributed by atoms with Crippen LogP contribution in [0.15, 0.2) is 10.7 Å². The van der Waals surface area contributed by atoms with Gasteiger partial charge in [-0.15, -0.1) is 0 Å². The summed E-state index contributed by atoms with van der Waals surface area (Å²) in [6.45, 7) is 1.63. The SMILES string of the molecule is COC(=O)c1coc(CN2CC[C@H](CO)[C@@H](O)C2)n1. The van der Waals surface area contributed by atoms with Gasteiger partial charge < -0.3 is 19.4 Å². The number of β-amino-alcohol motifs (C(OH)–C–C–N with tert-alkyl or cyclic N) is 1. The quantitative estimate of drug-likeness (QED) is 0.721. The van der Waals surface area contributed by atoms with Crippen LogP contribution in [-0.4, -0.2) is 59.0 Å². The highest BCUT2D eigenvalue weighted by Gasteiger charge is 2.27. The normalized spacial score (nSPS) is 24.4. The van der Waals surface area contributed by atoms with Gasteiger partial charge in [-0.3, -0.25) is 4.90 Å². The van der Waals surface area contributed by atoms with E-state index in [0.29, 0.717) is 19.0 Å². The molecule has 1 aliphatic rings. The van der Waals surface area contributed by atoms with E-state index in [1.807, 2.05) is 4.90 Å². The molecule has 106 valence electrons. The molecule has 1 aromatic heterocycles. The number of rotatable bonds is 4. The number of piperidine rings is 1. The molecule has 1 fully saturated rings. The monoisotopic (exact) mass is 270 g/mol. The number of hydrogen-bond donors (Lipinski definition) is 2. The van der Waals surface area contributed by atoms with E-state index in [2.05, 4.69) is 9.72 Å². The molecule has 0 aliphatic carbocycles. The molecule has 1 aromatic rings. The highest BCUT2D eigenvalue weighted by atomic mass is 16.5. The minimum absolute atomic E-state index is 0.000494. The maximum absolute atomic E-state index is 11.2.